The van der Waals surface area contributed by atoms with Gasteiger partial charge in [0.15, 0.2) is 11.5 Å². The lowest BCUT2D eigenvalue weighted by atomic mass is 10.2. The van der Waals surface area contributed by atoms with Crippen molar-refractivity contribution in [2.24, 2.45) is 0 Å². The van der Waals surface area contributed by atoms with Crippen molar-refractivity contribution < 1.29 is 19.3 Å². The lowest BCUT2D eigenvalue weighted by Gasteiger charge is -2.17. The molecule has 16 heavy (non-hydrogen) atoms. The maximum Gasteiger partial charge on any atom is 0.231 e. The summed E-state index contributed by atoms with van der Waals surface area (Å²) in [4.78, 5) is 0. The molecule has 86 valence electrons. The van der Waals surface area contributed by atoms with Crippen molar-refractivity contribution in [2.75, 3.05) is 6.79 Å². The molecule has 2 atom stereocenters. The predicted molar refractivity (Wildman–Crippen MR) is 56.8 cm³/mol. The van der Waals surface area contributed by atoms with E-state index in [1.807, 2.05) is 18.2 Å². The largest absolute Gasteiger partial charge is 0.488 e. The molecular formula is C12H14O4. The Labute approximate surface area is 93.7 Å². The molecule has 1 heterocycles. The Morgan fingerprint density at radius 3 is 2.88 bits per heavy atom. The SMILES string of the molecule is O[C@H]1CCC[C@@H]1Oc1ccc2c(c1)OCO2. The molecule has 1 aliphatic heterocycles. The molecule has 0 bridgehead atoms. The molecule has 0 spiro atoms. The van der Waals surface area contributed by atoms with Gasteiger partial charge in [-0.2, -0.15) is 0 Å². The minimum atomic E-state index is -0.342. The topological polar surface area (TPSA) is 47.9 Å². The molecule has 0 aromatic heterocycles. The summed E-state index contributed by atoms with van der Waals surface area (Å²) >= 11 is 0. The van der Waals surface area contributed by atoms with Crippen LogP contribution in [0.25, 0.3) is 0 Å². The maximum atomic E-state index is 9.66. The zero-order chi connectivity index (χ0) is 11.0. The summed E-state index contributed by atoms with van der Waals surface area (Å²) in [5, 5.41) is 9.66. The van der Waals surface area contributed by atoms with Gasteiger partial charge in [-0.3, -0.25) is 0 Å². The quantitative estimate of drug-likeness (QED) is 0.827. The van der Waals surface area contributed by atoms with Gasteiger partial charge in [0.05, 0.1) is 6.10 Å². The third-order valence-electron chi connectivity index (χ3n) is 3.05. The van der Waals surface area contributed by atoms with Gasteiger partial charge in [0.25, 0.3) is 0 Å². The molecule has 1 aromatic carbocycles. The molecule has 4 nitrogen and oxygen atoms in total. The van der Waals surface area contributed by atoms with Crippen molar-refractivity contribution >= 4 is 0 Å². The molecule has 1 aromatic rings. The lowest BCUT2D eigenvalue weighted by molar-refractivity contribution is 0.0602. The molecule has 2 aliphatic rings. The fourth-order valence-corrected chi connectivity index (χ4v) is 2.17. The van der Waals surface area contributed by atoms with E-state index in [0.717, 1.165) is 30.8 Å². The minimum Gasteiger partial charge on any atom is -0.488 e. The van der Waals surface area contributed by atoms with Gasteiger partial charge < -0.3 is 19.3 Å². The summed E-state index contributed by atoms with van der Waals surface area (Å²) in [6.07, 6.45) is 2.34. The second kappa shape index (κ2) is 3.87. The Balaban J connectivity index is 1.75. The van der Waals surface area contributed by atoms with Crippen LogP contribution in [0.3, 0.4) is 0 Å². The van der Waals surface area contributed by atoms with Crippen molar-refractivity contribution in [3.05, 3.63) is 18.2 Å². The second-order valence-electron chi connectivity index (χ2n) is 4.17. The van der Waals surface area contributed by atoms with E-state index >= 15 is 0 Å². The molecule has 1 fully saturated rings. The first kappa shape index (κ1) is 9.78. The fourth-order valence-electron chi connectivity index (χ4n) is 2.17. The molecule has 0 saturated heterocycles. The summed E-state index contributed by atoms with van der Waals surface area (Å²) in [5.74, 6) is 2.19. The van der Waals surface area contributed by atoms with Gasteiger partial charge in [-0.05, 0) is 31.4 Å². The number of aliphatic hydroxyl groups excluding tert-OH is 1. The van der Waals surface area contributed by atoms with Crippen molar-refractivity contribution in [3.63, 3.8) is 0 Å². The van der Waals surface area contributed by atoms with Gasteiger partial charge in [-0.1, -0.05) is 0 Å². The summed E-state index contributed by atoms with van der Waals surface area (Å²) < 4.78 is 16.2. The molecule has 4 heteroatoms. The number of hydrogen-bond acceptors (Lipinski definition) is 4. The minimum absolute atomic E-state index is 0.0830. The van der Waals surface area contributed by atoms with E-state index in [9.17, 15) is 5.11 Å². The normalized spacial score (nSPS) is 27.1. The van der Waals surface area contributed by atoms with E-state index in [2.05, 4.69) is 0 Å². The Morgan fingerprint density at radius 1 is 1.19 bits per heavy atom. The molecule has 0 unspecified atom stereocenters. The smallest absolute Gasteiger partial charge is 0.231 e. The van der Waals surface area contributed by atoms with Crippen molar-refractivity contribution in [2.45, 2.75) is 31.5 Å². The Hall–Kier alpha value is -1.42. The highest BCUT2D eigenvalue weighted by molar-refractivity contribution is 5.46. The molecule has 3 rings (SSSR count). The third-order valence-corrected chi connectivity index (χ3v) is 3.05. The van der Waals surface area contributed by atoms with E-state index in [-0.39, 0.29) is 19.0 Å². The number of benzene rings is 1. The van der Waals surface area contributed by atoms with Crippen LogP contribution in [0.5, 0.6) is 17.2 Å². The third kappa shape index (κ3) is 1.69. The monoisotopic (exact) mass is 222 g/mol. The first-order chi connectivity index (χ1) is 7.83. The van der Waals surface area contributed by atoms with E-state index in [0.29, 0.717) is 5.75 Å². The highest BCUT2D eigenvalue weighted by Gasteiger charge is 2.27. The number of aliphatic hydroxyl groups is 1. The number of fused-ring (bicyclic) bond motifs is 1. The number of ether oxygens (including phenoxy) is 3. The maximum absolute atomic E-state index is 9.66. The van der Waals surface area contributed by atoms with E-state index in [1.165, 1.54) is 0 Å². The van der Waals surface area contributed by atoms with E-state index in [4.69, 9.17) is 14.2 Å². The van der Waals surface area contributed by atoms with Crippen molar-refractivity contribution in [1.29, 1.82) is 0 Å². The van der Waals surface area contributed by atoms with Crippen LogP contribution in [0, 0.1) is 0 Å². The van der Waals surface area contributed by atoms with Crippen LogP contribution in [0.15, 0.2) is 18.2 Å². The van der Waals surface area contributed by atoms with E-state index < -0.39 is 0 Å². The lowest BCUT2D eigenvalue weighted by Crippen LogP contribution is -2.25. The summed E-state index contributed by atoms with van der Waals surface area (Å²) in [6.45, 7) is 0.269. The van der Waals surface area contributed by atoms with Crippen LogP contribution in [-0.2, 0) is 0 Å². The van der Waals surface area contributed by atoms with Crippen LogP contribution in [0.1, 0.15) is 19.3 Å². The molecular weight excluding hydrogens is 208 g/mol. The predicted octanol–water partition coefficient (Wildman–Crippen LogP) is 1.71. The highest BCUT2D eigenvalue weighted by atomic mass is 16.7. The Kier molecular flexibility index (Phi) is 2.36. The van der Waals surface area contributed by atoms with Gasteiger partial charge in [0, 0.05) is 6.07 Å². The molecule has 0 radical (unpaired) electrons. The van der Waals surface area contributed by atoms with Gasteiger partial charge in [-0.25, -0.2) is 0 Å². The van der Waals surface area contributed by atoms with Crippen LogP contribution in [0.4, 0.5) is 0 Å². The van der Waals surface area contributed by atoms with Gasteiger partial charge in [-0.15, -0.1) is 0 Å². The van der Waals surface area contributed by atoms with E-state index in [1.54, 1.807) is 0 Å². The van der Waals surface area contributed by atoms with Crippen LogP contribution < -0.4 is 14.2 Å². The van der Waals surface area contributed by atoms with Crippen LogP contribution >= 0.6 is 0 Å². The average molecular weight is 222 g/mol. The van der Waals surface area contributed by atoms with Crippen LogP contribution in [0.2, 0.25) is 0 Å². The fraction of sp³-hybridized carbons (Fsp3) is 0.500. The van der Waals surface area contributed by atoms with Gasteiger partial charge in [0.2, 0.25) is 6.79 Å². The summed E-state index contributed by atoms with van der Waals surface area (Å²) in [5.41, 5.74) is 0. The second-order valence-corrected chi connectivity index (χ2v) is 4.17. The standard InChI is InChI=1S/C12H14O4/c13-9-2-1-3-10(9)16-8-4-5-11-12(6-8)15-7-14-11/h4-6,9-10,13H,1-3,7H2/t9-,10-/m0/s1. The van der Waals surface area contributed by atoms with Gasteiger partial charge in [0.1, 0.15) is 11.9 Å². The first-order valence-corrected chi connectivity index (χ1v) is 5.57. The first-order valence-electron chi connectivity index (χ1n) is 5.57. The van der Waals surface area contributed by atoms with Crippen molar-refractivity contribution in [1.82, 2.24) is 0 Å². The Morgan fingerprint density at radius 2 is 2.06 bits per heavy atom. The Bertz CT molecular complexity index is 391. The number of rotatable bonds is 2. The number of hydrogen-bond donors (Lipinski definition) is 1. The molecule has 1 saturated carbocycles. The zero-order valence-electron chi connectivity index (χ0n) is 8.89. The highest BCUT2D eigenvalue weighted by Crippen LogP contribution is 2.36. The zero-order valence-corrected chi connectivity index (χ0v) is 8.89. The van der Waals surface area contributed by atoms with Crippen LogP contribution in [-0.4, -0.2) is 24.1 Å². The van der Waals surface area contributed by atoms with Crippen molar-refractivity contribution in [3.8, 4) is 17.2 Å². The molecule has 1 aliphatic carbocycles. The molecule has 1 N–H and O–H groups in total. The molecule has 0 amide bonds. The average Bonchev–Trinajstić information content (AvgIpc) is 2.88. The van der Waals surface area contributed by atoms with Gasteiger partial charge >= 0.3 is 0 Å². The summed E-state index contributed by atoms with van der Waals surface area (Å²) in [6, 6.07) is 5.49. The summed E-state index contributed by atoms with van der Waals surface area (Å²) in [7, 11) is 0.